The zero-order chi connectivity index (χ0) is 17.2. The molecule has 124 valence electrons. The first kappa shape index (κ1) is 16.4. The molecule has 0 bridgehead atoms. The second-order valence-electron chi connectivity index (χ2n) is 6.24. The maximum Gasteiger partial charge on any atom is 0.228 e. The average Bonchev–Trinajstić information content (AvgIpc) is 3.26. The van der Waals surface area contributed by atoms with Crippen molar-refractivity contribution in [2.24, 2.45) is 0 Å². The van der Waals surface area contributed by atoms with E-state index in [2.05, 4.69) is 15.6 Å². The van der Waals surface area contributed by atoms with Crippen LogP contribution in [0.5, 0.6) is 0 Å². The predicted octanol–water partition coefficient (Wildman–Crippen LogP) is 3.48. The lowest BCUT2D eigenvalue weighted by molar-refractivity contribution is -0.123. The minimum absolute atomic E-state index is 0.0169. The molecule has 1 N–H and O–H groups in total. The van der Waals surface area contributed by atoms with Gasteiger partial charge in [0.2, 0.25) is 5.91 Å². The number of carbonyl (C=O) groups excluding carboxylic acids is 1. The number of thiophene rings is 1. The van der Waals surface area contributed by atoms with E-state index < -0.39 is 5.54 Å². The second kappa shape index (κ2) is 6.57. The van der Waals surface area contributed by atoms with Crippen molar-refractivity contribution in [1.82, 2.24) is 20.3 Å². The van der Waals surface area contributed by atoms with E-state index in [1.54, 1.807) is 16.0 Å². The van der Waals surface area contributed by atoms with Crippen LogP contribution < -0.4 is 5.32 Å². The number of nitrogens with zero attached hydrogens (tertiary/aromatic N) is 3. The van der Waals surface area contributed by atoms with Gasteiger partial charge in [0.25, 0.3) is 0 Å². The van der Waals surface area contributed by atoms with Crippen molar-refractivity contribution < 1.29 is 4.79 Å². The number of amides is 1. The molecule has 0 radical (unpaired) electrons. The minimum Gasteiger partial charge on any atom is -0.345 e. The Morgan fingerprint density at radius 1 is 1.21 bits per heavy atom. The summed E-state index contributed by atoms with van der Waals surface area (Å²) in [5.41, 5.74) is 1.05. The maximum atomic E-state index is 12.5. The molecule has 5 nitrogen and oxygen atoms in total. The molecule has 0 saturated heterocycles. The van der Waals surface area contributed by atoms with E-state index in [1.165, 1.54) is 0 Å². The molecule has 3 aromatic rings. The first-order chi connectivity index (χ1) is 11.5. The standard InChI is InChI=1S/C18H20N4OS/c1-13(15-10-7-11-24-15)17(23)19-18(2,3)16-12-22(21-20-16)14-8-5-4-6-9-14/h4-13H,1-3H3,(H,19,23)/t13-/m1/s1. The largest absolute Gasteiger partial charge is 0.345 e. The molecule has 0 saturated carbocycles. The molecule has 0 aliphatic carbocycles. The third-order valence-electron chi connectivity index (χ3n) is 3.95. The lowest BCUT2D eigenvalue weighted by Crippen LogP contribution is -2.43. The Labute approximate surface area is 145 Å². The Morgan fingerprint density at radius 3 is 2.62 bits per heavy atom. The summed E-state index contributed by atoms with van der Waals surface area (Å²) in [5.74, 6) is -0.204. The Hall–Kier alpha value is -2.47. The van der Waals surface area contributed by atoms with Crippen LogP contribution in [-0.4, -0.2) is 20.9 Å². The summed E-state index contributed by atoms with van der Waals surface area (Å²) in [7, 11) is 0. The summed E-state index contributed by atoms with van der Waals surface area (Å²) >= 11 is 1.59. The molecule has 0 aliphatic heterocycles. The quantitative estimate of drug-likeness (QED) is 0.773. The van der Waals surface area contributed by atoms with Crippen molar-refractivity contribution in [3.8, 4) is 5.69 Å². The van der Waals surface area contributed by atoms with Gasteiger partial charge in [-0.05, 0) is 44.4 Å². The van der Waals surface area contributed by atoms with Crippen molar-refractivity contribution in [1.29, 1.82) is 0 Å². The van der Waals surface area contributed by atoms with Gasteiger partial charge in [0.15, 0.2) is 0 Å². The lowest BCUT2D eigenvalue weighted by Gasteiger charge is -2.25. The number of nitrogens with one attached hydrogen (secondary N) is 1. The predicted molar refractivity (Wildman–Crippen MR) is 95.3 cm³/mol. The van der Waals surface area contributed by atoms with Crippen LogP contribution >= 0.6 is 11.3 Å². The molecule has 2 heterocycles. The summed E-state index contributed by atoms with van der Waals surface area (Å²) in [6.07, 6.45) is 1.85. The lowest BCUT2D eigenvalue weighted by atomic mass is 9.99. The van der Waals surface area contributed by atoms with Crippen LogP contribution in [0.2, 0.25) is 0 Å². The van der Waals surface area contributed by atoms with E-state index in [-0.39, 0.29) is 11.8 Å². The summed E-state index contributed by atoms with van der Waals surface area (Å²) in [6.45, 7) is 5.79. The average molecular weight is 340 g/mol. The molecule has 0 spiro atoms. The van der Waals surface area contributed by atoms with Gasteiger partial charge in [0.05, 0.1) is 23.3 Å². The molecule has 1 atom stereocenters. The first-order valence-electron chi connectivity index (χ1n) is 7.81. The number of benzene rings is 1. The molecular formula is C18H20N4OS. The number of rotatable bonds is 5. The molecular weight excluding hydrogens is 320 g/mol. The van der Waals surface area contributed by atoms with E-state index in [4.69, 9.17) is 0 Å². The van der Waals surface area contributed by atoms with Crippen molar-refractivity contribution >= 4 is 17.2 Å². The molecule has 3 rings (SSSR count). The van der Waals surface area contributed by atoms with Crippen LogP contribution in [0.15, 0.2) is 54.0 Å². The Morgan fingerprint density at radius 2 is 1.96 bits per heavy atom. The van der Waals surface area contributed by atoms with E-state index in [1.807, 2.05) is 74.8 Å². The smallest absolute Gasteiger partial charge is 0.228 e. The summed E-state index contributed by atoms with van der Waals surface area (Å²) in [4.78, 5) is 13.6. The highest BCUT2D eigenvalue weighted by Crippen LogP contribution is 2.24. The van der Waals surface area contributed by atoms with Crippen LogP contribution in [0.25, 0.3) is 5.69 Å². The van der Waals surface area contributed by atoms with Crippen LogP contribution in [0.3, 0.4) is 0 Å². The number of para-hydroxylation sites is 1. The summed E-state index contributed by atoms with van der Waals surface area (Å²) in [6, 6.07) is 13.7. The number of aromatic nitrogens is 3. The van der Waals surface area contributed by atoms with Gasteiger partial charge in [-0.2, -0.15) is 0 Å². The molecule has 24 heavy (non-hydrogen) atoms. The van der Waals surface area contributed by atoms with Gasteiger partial charge in [0.1, 0.15) is 5.69 Å². The number of carbonyl (C=O) groups is 1. The first-order valence-corrected chi connectivity index (χ1v) is 8.69. The number of hydrogen-bond donors (Lipinski definition) is 1. The zero-order valence-electron chi connectivity index (χ0n) is 13.9. The van der Waals surface area contributed by atoms with Gasteiger partial charge < -0.3 is 5.32 Å². The summed E-state index contributed by atoms with van der Waals surface area (Å²) in [5, 5.41) is 13.5. The van der Waals surface area contributed by atoms with Gasteiger partial charge in [-0.15, -0.1) is 16.4 Å². The fourth-order valence-corrected chi connectivity index (χ4v) is 3.19. The Bertz CT molecular complexity index is 809. The molecule has 0 aliphatic rings. The van der Waals surface area contributed by atoms with Gasteiger partial charge in [0, 0.05) is 4.88 Å². The van der Waals surface area contributed by atoms with Crippen LogP contribution in [-0.2, 0) is 10.3 Å². The van der Waals surface area contributed by atoms with Gasteiger partial charge >= 0.3 is 0 Å². The highest BCUT2D eigenvalue weighted by molar-refractivity contribution is 7.10. The third-order valence-corrected chi connectivity index (χ3v) is 5.01. The molecule has 0 fully saturated rings. The van der Waals surface area contributed by atoms with Crippen molar-refractivity contribution in [3.05, 3.63) is 64.6 Å². The molecule has 0 unspecified atom stereocenters. The molecule has 1 aromatic carbocycles. The highest BCUT2D eigenvalue weighted by Gasteiger charge is 2.29. The SMILES string of the molecule is C[C@@H](C(=O)NC(C)(C)c1cn(-c2ccccc2)nn1)c1cccs1. The van der Waals surface area contributed by atoms with Gasteiger partial charge in [-0.1, -0.05) is 29.5 Å². The van der Waals surface area contributed by atoms with Crippen LogP contribution in [0.1, 0.15) is 37.3 Å². The van der Waals surface area contributed by atoms with E-state index in [0.717, 1.165) is 16.3 Å². The molecule has 6 heteroatoms. The number of hydrogen-bond acceptors (Lipinski definition) is 4. The Balaban J connectivity index is 1.76. The molecule has 1 amide bonds. The fourth-order valence-electron chi connectivity index (χ4n) is 2.40. The van der Waals surface area contributed by atoms with E-state index in [0.29, 0.717) is 0 Å². The van der Waals surface area contributed by atoms with Crippen LogP contribution in [0, 0.1) is 0 Å². The third kappa shape index (κ3) is 3.38. The van der Waals surface area contributed by atoms with Crippen molar-refractivity contribution in [2.75, 3.05) is 0 Å². The van der Waals surface area contributed by atoms with Crippen molar-refractivity contribution in [2.45, 2.75) is 32.2 Å². The van der Waals surface area contributed by atoms with Crippen molar-refractivity contribution in [3.63, 3.8) is 0 Å². The van der Waals surface area contributed by atoms with Crippen LogP contribution in [0.4, 0.5) is 0 Å². The Kier molecular flexibility index (Phi) is 4.49. The monoisotopic (exact) mass is 340 g/mol. The second-order valence-corrected chi connectivity index (χ2v) is 7.21. The van der Waals surface area contributed by atoms with Gasteiger partial charge in [-0.3, -0.25) is 4.79 Å². The van der Waals surface area contributed by atoms with Gasteiger partial charge in [-0.25, -0.2) is 4.68 Å². The zero-order valence-corrected chi connectivity index (χ0v) is 14.7. The maximum absolute atomic E-state index is 12.5. The van der Waals surface area contributed by atoms with E-state index in [9.17, 15) is 4.79 Å². The highest BCUT2D eigenvalue weighted by atomic mass is 32.1. The fraction of sp³-hybridized carbons (Fsp3) is 0.278. The normalized spacial score (nSPS) is 12.8. The minimum atomic E-state index is -0.602. The topological polar surface area (TPSA) is 59.8 Å². The summed E-state index contributed by atoms with van der Waals surface area (Å²) < 4.78 is 1.71. The van der Waals surface area contributed by atoms with E-state index >= 15 is 0 Å². The molecule has 2 aromatic heterocycles.